The van der Waals surface area contributed by atoms with Crippen molar-refractivity contribution in [2.45, 2.75) is 32.0 Å². The predicted molar refractivity (Wildman–Crippen MR) is 67.1 cm³/mol. The standard InChI is InChI=1S/C14H16F3NO2/c15-14(16,17)12-6-4-5-11(9-12)10-20-13(19)18-7-2-1-3-8-18/h4-6,9H,1-3,7-8,10H2. The third-order valence-electron chi connectivity index (χ3n) is 3.23. The van der Waals surface area contributed by atoms with Crippen LogP contribution in [-0.2, 0) is 17.5 Å². The summed E-state index contributed by atoms with van der Waals surface area (Å²) >= 11 is 0. The first-order chi connectivity index (χ1) is 9.47. The second-order valence-electron chi connectivity index (χ2n) is 4.80. The van der Waals surface area contributed by atoms with E-state index in [1.54, 1.807) is 4.90 Å². The summed E-state index contributed by atoms with van der Waals surface area (Å²) in [5.74, 6) is 0. The van der Waals surface area contributed by atoms with Gasteiger partial charge < -0.3 is 9.64 Å². The molecule has 1 amide bonds. The van der Waals surface area contributed by atoms with Gasteiger partial charge in [0.1, 0.15) is 6.61 Å². The second kappa shape index (κ2) is 6.15. The Labute approximate surface area is 115 Å². The minimum Gasteiger partial charge on any atom is -0.445 e. The van der Waals surface area contributed by atoms with Crippen LogP contribution in [0.5, 0.6) is 0 Å². The number of benzene rings is 1. The van der Waals surface area contributed by atoms with Crippen LogP contribution in [0.4, 0.5) is 18.0 Å². The highest BCUT2D eigenvalue weighted by molar-refractivity contribution is 5.67. The van der Waals surface area contributed by atoms with Crippen molar-refractivity contribution in [3.8, 4) is 0 Å². The van der Waals surface area contributed by atoms with Crippen LogP contribution in [0.25, 0.3) is 0 Å². The summed E-state index contributed by atoms with van der Waals surface area (Å²) in [4.78, 5) is 13.3. The lowest BCUT2D eigenvalue weighted by Gasteiger charge is -2.25. The van der Waals surface area contributed by atoms with Crippen molar-refractivity contribution in [3.63, 3.8) is 0 Å². The van der Waals surface area contributed by atoms with Crippen LogP contribution in [0.2, 0.25) is 0 Å². The zero-order valence-corrected chi connectivity index (χ0v) is 10.9. The molecule has 0 aromatic heterocycles. The lowest BCUT2D eigenvalue weighted by molar-refractivity contribution is -0.137. The largest absolute Gasteiger partial charge is 0.445 e. The molecule has 0 saturated carbocycles. The van der Waals surface area contributed by atoms with Crippen LogP contribution < -0.4 is 0 Å². The zero-order chi connectivity index (χ0) is 14.6. The first-order valence-corrected chi connectivity index (χ1v) is 6.54. The SMILES string of the molecule is O=C(OCc1cccc(C(F)(F)F)c1)N1CCCCC1. The molecule has 1 heterocycles. The van der Waals surface area contributed by atoms with E-state index in [9.17, 15) is 18.0 Å². The summed E-state index contributed by atoms with van der Waals surface area (Å²) in [6.07, 6.45) is -1.86. The number of amides is 1. The molecule has 6 heteroatoms. The van der Waals surface area contributed by atoms with E-state index in [1.807, 2.05) is 0 Å². The van der Waals surface area contributed by atoms with Gasteiger partial charge in [-0.15, -0.1) is 0 Å². The van der Waals surface area contributed by atoms with Crippen molar-refractivity contribution in [3.05, 3.63) is 35.4 Å². The average molecular weight is 287 g/mol. The second-order valence-corrected chi connectivity index (χ2v) is 4.80. The number of halogens is 3. The Bertz CT molecular complexity index is 468. The number of piperidine rings is 1. The maximum absolute atomic E-state index is 12.5. The Hall–Kier alpha value is -1.72. The van der Waals surface area contributed by atoms with Crippen molar-refractivity contribution in [2.24, 2.45) is 0 Å². The number of carbonyl (C=O) groups excluding carboxylic acids is 1. The lowest BCUT2D eigenvalue weighted by Crippen LogP contribution is -2.35. The van der Waals surface area contributed by atoms with Gasteiger partial charge >= 0.3 is 12.3 Å². The van der Waals surface area contributed by atoms with Gasteiger partial charge in [-0.3, -0.25) is 0 Å². The first kappa shape index (κ1) is 14.7. The number of carbonyl (C=O) groups is 1. The van der Waals surface area contributed by atoms with Crippen molar-refractivity contribution < 1.29 is 22.7 Å². The monoisotopic (exact) mass is 287 g/mol. The van der Waals surface area contributed by atoms with E-state index in [2.05, 4.69) is 0 Å². The summed E-state index contributed by atoms with van der Waals surface area (Å²) < 4.78 is 42.7. The molecule has 1 fully saturated rings. The third kappa shape index (κ3) is 3.88. The molecule has 20 heavy (non-hydrogen) atoms. The highest BCUT2D eigenvalue weighted by Gasteiger charge is 2.30. The number of likely N-dealkylation sites (tertiary alicyclic amines) is 1. The van der Waals surface area contributed by atoms with Crippen LogP contribution in [0, 0.1) is 0 Å². The molecule has 0 aliphatic carbocycles. The van der Waals surface area contributed by atoms with E-state index in [1.165, 1.54) is 12.1 Å². The van der Waals surface area contributed by atoms with Crippen molar-refractivity contribution in [1.29, 1.82) is 0 Å². The van der Waals surface area contributed by atoms with Gasteiger partial charge in [-0.25, -0.2) is 4.79 Å². The van der Waals surface area contributed by atoms with Crippen LogP contribution in [0.3, 0.4) is 0 Å². The maximum atomic E-state index is 12.5. The molecule has 1 aromatic rings. The van der Waals surface area contributed by atoms with Crippen molar-refractivity contribution in [2.75, 3.05) is 13.1 Å². The Kier molecular flexibility index (Phi) is 4.52. The quantitative estimate of drug-likeness (QED) is 0.827. The van der Waals surface area contributed by atoms with Crippen LogP contribution in [0.15, 0.2) is 24.3 Å². The summed E-state index contributed by atoms with van der Waals surface area (Å²) in [7, 11) is 0. The fourth-order valence-corrected chi connectivity index (χ4v) is 2.15. The Morgan fingerprint density at radius 1 is 1.20 bits per heavy atom. The Morgan fingerprint density at radius 3 is 2.55 bits per heavy atom. The Balaban J connectivity index is 1.92. The summed E-state index contributed by atoms with van der Waals surface area (Å²) in [6, 6.07) is 4.82. The zero-order valence-electron chi connectivity index (χ0n) is 10.9. The molecular weight excluding hydrogens is 271 g/mol. The van der Waals surface area contributed by atoms with E-state index >= 15 is 0 Å². The highest BCUT2D eigenvalue weighted by Crippen LogP contribution is 2.29. The Morgan fingerprint density at radius 2 is 1.90 bits per heavy atom. The molecule has 1 aromatic carbocycles. The molecule has 0 unspecified atom stereocenters. The molecule has 0 radical (unpaired) electrons. The molecule has 1 aliphatic heterocycles. The van der Waals surface area contributed by atoms with E-state index in [-0.39, 0.29) is 6.61 Å². The van der Waals surface area contributed by atoms with Gasteiger partial charge in [0.2, 0.25) is 0 Å². The molecule has 2 rings (SSSR count). The topological polar surface area (TPSA) is 29.5 Å². The molecule has 1 saturated heterocycles. The summed E-state index contributed by atoms with van der Waals surface area (Å²) in [5.41, 5.74) is -0.394. The smallest absolute Gasteiger partial charge is 0.416 e. The number of alkyl halides is 3. The molecule has 0 bridgehead atoms. The van der Waals surface area contributed by atoms with Crippen LogP contribution in [-0.4, -0.2) is 24.1 Å². The molecule has 0 spiro atoms. The van der Waals surface area contributed by atoms with Gasteiger partial charge in [-0.05, 0) is 37.0 Å². The molecule has 0 atom stereocenters. The molecular formula is C14H16F3NO2. The lowest BCUT2D eigenvalue weighted by atomic mass is 10.1. The van der Waals surface area contributed by atoms with Gasteiger partial charge in [0.15, 0.2) is 0 Å². The van der Waals surface area contributed by atoms with Gasteiger partial charge in [0.05, 0.1) is 5.56 Å². The molecule has 110 valence electrons. The number of rotatable bonds is 2. The van der Waals surface area contributed by atoms with Gasteiger partial charge in [-0.2, -0.15) is 13.2 Å². The number of ether oxygens (including phenoxy) is 1. The fourth-order valence-electron chi connectivity index (χ4n) is 2.15. The van der Waals surface area contributed by atoms with Crippen molar-refractivity contribution in [1.82, 2.24) is 4.90 Å². The normalized spacial score (nSPS) is 16.1. The van der Waals surface area contributed by atoms with Crippen LogP contribution in [0.1, 0.15) is 30.4 Å². The molecule has 0 N–H and O–H groups in total. The average Bonchev–Trinajstić information content (AvgIpc) is 2.45. The van der Waals surface area contributed by atoms with E-state index < -0.39 is 17.8 Å². The summed E-state index contributed by atoms with van der Waals surface area (Å²) in [6.45, 7) is 1.17. The minimum absolute atomic E-state index is 0.140. The van der Waals surface area contributed by atoms with E-state index in [4.69, 9.17) is 4.74 Å². The predicted octanol–water partition coefficient (Wildman–Crippen LogP) is 3.83. The van der Waals surface area contributed by atoms with Gasteiger partial charge in [-0.1, -0.05) is 12.1 Å². The van der Waals surface area contributed by atoms with E-state index in [0.717, 1.165) is 31.4 Å². The number of hydrogen-bond acceptors (Lipinski definition) is 2. The number of nitrogens with zero attached hydrogens (tertiary/aromatic N) is 1. The van der Waals surface area contributed by atoms with E-state index in [0.29, 0.717) is 18.7 Å². The van der Waals surface area contributed by atoms with Crippen LogP contribution >= 0.6 is 0 Å². The molecule has 3 nitrogen and oxygen atoms in total. The molecule has 1 aliphatic rings. The maximum Gasteiger partial charge on any atom is 0.416 e. The summed E-state index contributed by atoms with van der Waals surface area (Å²) in [5, 5.41) is 0. The first-order valence-electron chi connectivity index (χ1n) is 6.54. The minimum atomic E-state index is -4.38. The third-order valence-corrected chi connectivity index (χ3v) is 3.23. The highest BCUT2D eigenvalue weighted by atomic mass is 19.4. The van der Waals surface area contributed by atoms with Crippen molar-refractivity contribution >= 4 is 6.09 Å². The van der Waals surface area contributed by atoms with Gasteiger partial charge in [0, 0.05) is 13.1 Å². The number of hydrogen-bond donors (Lipinski definition) is 0. The van der Waals surface area contributed by atoms with Gasteiger partial charge in [0.25, 0.3) is 0 Å². The fraction of sp³-hybridized carbons (Fsp3) is 0.500.